The first-order chi connectivity index (χ1) is 10.4. The second-order valence-corrected chi connectivity index (χ2v) is 6.31. The summed E-state index contributed by atoms with van der Waals surface area (Å²) in [6, 6.07) is 3.38. The molecular formula is C13H12FN3O4S. The Morgan fingerprint density at radius 1 is 1.59 bits per heavy atom. The van der Waals surface area contributed by atoms with Crippen LogP contribution in [0.25, 0.3) is 0 Å². The molecule has 2 N–H and O–H groups in total. The van der Waals surface area contributed by atoms with E-state index in [0.29, 0.717) is 12.2 Å². The van der Waals surface area contributed by atoms with Crippen molar-refractivity contribution in [1.29, 1.82) is 0 Å². The summed E-state index contributed by atoms with van der Waals surface area (Å²) in [7, 11) is 0. The van der Waals surface area contributed by atoms with Gasteiger partial charge in [0.15, 0.2) is 5.17 Å². The smallest absolute Gasteiger partial charge is 0.410 e. The number of nitro benzene ring substituents is 1. The van der Waals surface area contributed by atoms with Gasteiger partial charge in [0, 0.05) is 23.4 Å². The Bertz CT molecular complexity index is 696. The monoisotopic (exact) mass is 325 g/mol. The summed E-state index contributed by atoms with van der Waals surface area (Å²) >= 11 is 1.26. The van der Waals surface area contributed by atoms with E-state index in [0.717, 1.165) is 18.6 Å². The van der Waals surface area contributed by atoms with Crippen LogP contribution < -0.4 is 5.32 Å². The molecule has 2 aliphatic rings. The number of nitrogens with zero attached hydrogens (tertiary/aromatic N) is 2. The average molecular weight is 325 g/mol. The number of amidine groups is 1. The summed E-state index contributed by atoms with van der Waals surface area (Å²) in [5.74, 6) is 0.185. The number of carbonyl (C=O) groups is 1. The van der Waals surface area contributed by atoms with Crippen LogP contribution in [0.2, 0.25) is 0 Å². The van der Waals surface area contributed by atoms with E-state index < -0.39 is 22.4 Å². The average Bonchev–Trinajstić information content (AvgIpc) is 3.12. The number of carboxylic acid groups (broad SMARTS) is 1. The maximum atomic E-state index is 14.2. The zero-order valence-electron chi connectivity index (χ0n) is 11.3. The Morgan fingerprint density at radius 3 is 3.05 bits per heavy atom. The van der Waals surface area contributed by atoms with Crippen LogP contribution in [0.15, 0.2) is 23.2 Å². The van der Waals surface area contributed by atoms with E-state index in [2.05, 4.69) is 10.3 Å². The highest BCUT2D eigenvalue weighted by Crippen LogP contribution is 2.59. The van der Waals surface area contributed by atoms with E-state index >= 15 is 0 Å². The van der Waals surface area contributed by atoms with Gasteiger partial charge >= 0.3 is 6.09 Å². The number of halogens is 1. The molecule has 0 spiro atoms. The number of hydrogen-bond donors (Lipinski definition) is 2. The predicted octanol–water partition coefficient (Wildman–Crippen LogP) is 2.71. The van der Waals surface area contributed by atoms with E-state index in [9.17, 15) is 19.3 Å². The molecule has 9 heteroatoms. The van der Waals surface area contributed by atoms with Crippen LogP contribution in [0.4, 0.5) is 14.9 Å². The quantitative estimate of drug-likeness (QED) is 0.642. The minimum Gasteiger partial charge on any atom is -0.465 e. The van der Waals surface area contributed by atoms with Crippen molar-refractivity contribution in [2.75, 3.05) is 5.75 Å². The second kappa shape index (κ2) is 5.24. The number of aliphatic imine (C=N–C) groups is 1. The minimum atomic E-state index is -1.24. The van der Waals surface area contributed by atoms with Gasteiger partial charge in [0.25, 0.3) is 5.69 Å². The Balaban J connectivity index is 2.04. The molecule has 1 saturated carbocycles. The van der Waals surface area contributed by atoms with Crippen LogP contribution in [0.1, 0.15) is 18.4 Å². The molecule has 0 radical (unpaired) electrons. The SMILES string of the molecule is O=C(O)NC1=N[C@]2(c3cc([N+](=O)[O-])ccc3F)C[C@@H]2CCS1. The summed E-state index contributed by atoms with van der Waals surface area (Å²) in [6.07, 6.45) is 0.0809. The standard InChI is InChI=1S/C13H12FN3O4S/c14-10-2-1-8(17(20)21)5-9(10)13-6-7(13)3-4-22-11(16-13)15-12(18)19/h1-2,5,7H,3-4,6H2,(H,15,16)(H,18,19)/t7-,13+/m0/s1. The lowest BCUT2D eigenvalue weighted by Crippen LogP contribution is -2.28. The normalized spacial score (nSPS) is 26.4. The summed E-state index contributed by atoms with van der Waals surface area (Å²) in [6.45, 7) is 0. The van der Waals surface area contributed by atoms with Gasteiger partial charge in [-0.2, -0.15) is 0 Å². The van der Waals surface area contributed by atoms with Crippen molar-refractivity contribution in [2.45, 2.75) is 18.4 Å². The van der Waals surface area contributed by atoms with Crippen molar-refractivity contribution in [2.24, 2.45) is 10.9 Å². The number of amides is 1. The number of fused-ring (bicyclic) bond motifs is 1. The Kier molecular flexibility index (Phi) is 3.51. The van der Waals surface area contributed by atoms with E-state index in [-0.39, 0.29) is 22.3 Å². The number of benzene rings is 1. The van der Waals surface area contributed by atoms with E-state index in [4.69, 9.17) is 5.11 Å². The van der Waals surface area contributed by atoms with Crippen LogP contribution in [0.3, 0.4) is 0 Å². The molecule has 1 aromatic rings. The number of thioether (sulfide) groups is 1. The third kappa shape index (κ3) is 2.52. The van der Waals surface area contributed by atoms with E-state index in [1.54, 1.807) is 0 Å². The van der Waals surface area contributed by atoms with Gasteiger partial charge < -0.3 is 5.11 Å². The molecule has 1 heterocycles. The van der Waals surface area contributed by atoms with Crippen LogP contribution in [0, 0.1) is 21.8 Å². The lowest BCUT2D eigenvalue weighted by atomic mass is 10.0. The van der Waals surface area contributed by atoms with Gasteiger partial charge in [-0.25, -0.2) is 9.18 Å². The highest BCUT2D eigenvalue weighted by Gasteiger charge is 2.58. The largest absolute Gasteiger partial charge is 0.465 e. The van der Waals surface area contributed by atoms with Crippen LogP contribution in [0.5, 0.6) is 0 Å². The molecule has 1 amide bonds. The van der Waals surface area contributed by atoms with Gasteiger partial charge in [0.05, 0.1) is 10.5 Å². The summed E-state index contributed by atoms with van der Waals surface area (Å²) in [4.78, 5) is 25.5. The van der Waals surface area contributed by atoms with Gasteiger partial charge in [0.1, 0.15) is 5.82 Å². The van der Waals surface area contributed by atoms with Gasteiger partial charge in [-0.1, -0.05) is 11.8 Å². The molecule has 0 saturated heterocycles. The van der Waals surface area contributed by atoms with Crippen LogP contribution >= 0.6 is 11.8 Å². The number of hydrogen-bond acceptors (Lipinski definition) is 5. The number of nitrogens with one attached hydrogen (secondary N) is 1. The first kappa shape index (κ1) is 14.8. The number of rotatable bonds is 2. The van der Waals surface area contributed by atoms with Crippen molar-refractivity contribution in [3.8, 4) is 0 Å². The van der Waals surface area contributed by atoms with Crippen molar-refractivity contribution in [3.63, 3.8) is 0 Å². The van der Waals surface area contributed by atoms with Crippen molar-refractivity contribution >= 4 is 28.7 Å². The third-order valence-electron chi connectivity index (χ3n) is 3.92. The molecule has 1 aliphatic carbocycles. The highest BCUT2D eigenvalue weighted by molar-refractivity contribution is 8.13. The molecular weight excluding hydrogens is 313 g/mol. The maximum Gasteiger partial charge on any atom is 0.410 e. The fraction of sp³-hybridized carbons (Fsp3) is 0.385. The van der Waals surface area contributed by atoms with Crippen molar-refractivity contribution in [1.82, 2.24) is 5.32 Å². The maximum absolute atomic E-state index is 14.2. The Labute approximate surface area is 128 Å². The van der Waals surface area contributed by atoms with Gasteiger partial charge in [-0.15, -0.1) is 0 Å². The van der Waals surface area contributed by atoms with Gasteiger partial charge in [-0.05, 0) is 24.8 Å². The fourth-order valence-electron chi connectivity index (χ4n) is 2.81. The minimum absolute atomic E-state index is 0.0737. The van der Waals surface area contributed by atoms with Crippen molar-refractivity contribution in [3.05, 3.63) is 39.7 Å². The summed E-state index contributed by atoms with van der Waals surface area (Å²) in [5.41, 5.74) is -0.924. The molecule has 0 unspecified atom stereocenters. The van der Waals surface area contributed by atoms with Gasteiger partial charge in [-0.3, -0.25) is 20.4 Å². The first-order valence-electron chi connectivity index (χ1n) is 6.59. The summed E-state index contributed by atoms with van der Waals surface area (Å²) in [5, 5.41) is 22.1. The highest BCUT2D eigenvalue weighted by atomic mass is 32.2. The zero-order valence-corrected chi connectivity index (χ0v) is 12.1. The van der Waals surface area contributed by atoms with Crippen molar-refractivity contribution < 1.29 is 19.2 Å². The number of nitro groups is 1. The molecule has 22 heavy (non-hydrogen) atoms. The summed E-state index contributed by atoms with van der Waals surface area (Å²) < 4.78 is 14.2. The molecule has 0 aromatic heterocycles. The van der Waals surface area contributed by atoms with E-state index in [1.807, 2.05) is 0 Å². The van der Waals surface area contributed by atoms with Gasteiger partial charge in [0.2, 0.25) is 0 Å². The molecule has 116 valence electrons. The molecule has 0 bridgehead atoms. The molecule has 2 atom stereocenters. The third-order valence-corrected chi connectivity index (χ3v) is 4.83. The van der Waals surface area contributed by atoms with Crippen LogP contribution in [-0.4, -0.2) is 27.0 Å². The molecule has 1 aromatic carbocycles. The predicted molar refractivity (Wildman–Crippen MR) is 78.5 cm³/mol. The molecule has 1 fully saturated rings. The molecule has 7 nitrogen and oxygen atoms in total. The lowest BCUT2D eigenvalue weighted by molar-refractivity contribution is -0.385. The first-order valence-corrected chi connectivity index (χ1v) is 7.58. The zero-order chi connectivity index (χ0) is 15.9. The van der Waals surface area contributed by atoms with Crippen LogP contribution in [-0.2, 0) is 5.54 Å². The lowest BCUT2D eigenvalue weighted by Gasteiger charge is -2.14. The second-order valence-electron chi connectivity index (χ2n) is 5.23. The Morgan fingerprint density at radius 2 is 2.36 bits per heavy atom. The topological polar surface area (TPSA) is 105 Å². The molecule has 3 rings (SSSR count). The van der Waals surface area contributed by atoms with E-state index in [1.165, 1.54) is 17.8 Å². The number of non-ortho nitro benzene ring substituents is 1. The fourth-order valence-corrected chi connectivity index (χ4v) is 3.79. The molecule has 1 aliphatic heterocycles. The Hall–Kier alpha value is -2.16.